The van der Waals surface area contributed by atoms with Gasteiger partial charge in [0.25, 0.3) is 11.9 Å². The molecule has 0 bridgehead atoms. The molecule has 128 valence electrons. The summed E-state index contributed by atoms with van der Waals surface area (Å²) >= 11 is 0. The van der Waals surface area contributed by atoms with E-state index < -0.39 is 5.91 Å². The summed E-state index contributed by atoms with van der Waals surface area (Å²) in [4.78, 5) is 16.8. The van der Waals surface area contributed by atoms with Crippen LogP contribution in [-0.2, 0) is 0 Å². The van der Waals surface area contributed by atoms with Gasteiger partial charge >= 0.3 is 29.6 Å². The molecule has 10 heteroatoms. The molecular formula is C16H17N7NaO2+. The summed E-state index contributed by atoms with van der Waals surface area (Å²) in [6.07, 6.45) is 0.851. The molecule has 3 aromatic rings. The standard InChI is InChI=1S/C16H17N7O2.Na/c1-2-7-25-12-8-13(10-3-5-11(17)6-4-10)18-14(9-12)15(24)19-16-20-22-23-21-16;/h3-6,8-9H,2,7,17H2,1H3,(H2,19,20,21,22,23,24);/q;+1. The number of pyridine rings is 1. The molecule has 26 heavy (non-hydrogen) atoms. The molecule has 1 amide bonds. The van der Waals surface area contributed by atoms with Crippen LogP contribution < -0.4 is 45.3 Å². The first-order valence-electron chi connectivity index (χ1n) is 7.71. The Morgan fingerprint density at radius 2 is 2.04 bits per heavy atom. The summed E-state index contributed by atoms with van der Waals surface area (Å²) < 4.78 is 5.67. The molecule has 0 aliphatic heterocycles. The number of aromatic amines is 1. The van der Waals surface area contributed by atoms with Crippen LogP contribution in [-0.4, -0.2) is 38.1 Å². The van der Waals surface area contributed by atoms with Gasteiger partial charge in [-0.3, -0.25) is 10.1 Å². The first kappa shape index (κ1) is 19.8. The van der Waals surface area contributed by atoms with Crippen molar-refractivity contribution in [1.29, 1.82) is 0 Å². The largest absolute Gasteiger partial charge is 1.00 e. The second kappa shape index (κ2) is 9.27. The molecule has 3 rings (SSSR count). The molecule has 4 N–H and O–H groups in total. The smallest absolute Gasteiger partial charge is 0.493 e. The average molecular weight is 362 g/mol. The quantitative estimate of drug-likeness (QED) is 0.374. The summed E-state index contributed by atoms with van der Waals surface area (Å²) in [7, 11) is 0. The van der Waals surface area contributed by atoms with E-state index >= 15 is 0 Å². The molecule has 0 spiro atoms. The number of carbonyl (C=O) groups excluding carboxylic acids is 1. The number of amides is 1. The Labute approximate surface area is 172 Å². The molecule has 0 aliphatic carbocycles. The zero-order chi connectivity index (χ0) is 17.6. The van der Waals surface area contributed by atoms with Gasteiger partial charge in [0.2, 0.25) is 0 Å². The van der Waals surface area contributed by atoms with Gasteiger partial charge < -0.3 is 10.5 Å². The van der Waals surface area contributed by atoms with Crippen LogP contribution in [0.15, 0.2) is 36.4 Å². The number of aromatic nitrogens is 5. The number of hydrogen-bond acceptors (Lipinski definition) is 7. The Balaban J connectivity index is 0.00000243. The van der Waals surface area contributed by atoms with Crippen LogP contribution in [0, 0.1) is 0 Å². The number of tetrazole rings is 1. The van der Waals surface area contributed by atoms with E-state index in [9.17, 15) is 4.79 Å². The summed E-state index contributed by atoms with van der Waals surface area (Å²) in [5, 5.41) is 15.6. The first-order valence-corrected chi connectivity index (χ1v) is 7.71. The van der Waals surface area contributed by atoms with E-state index in [0.717, 1.165) is 12.0 Å². The van der Waals surface area contributed by atoms with Gasteiger partial charge in [-0.25, -0.2) is 4.98 Å². The third kappa shape index (κ3) is 5.01. The van der Waals surface area contributed by atoms with Crippen molar-refractivity contribution in [1.82, 2.24) is 25.6 Å². The molecule has 1 aromatic carbocycles. The second-order valence-electron chi connectivity index (χ2n) is 5.23. The van der Waals surface area contributed by atoms with Crippen molar-refractivity contribution < 1.29 is 39.1 Å². The fraction of sp³-hybridized carbons (Fsp3) is 0.188. The molecular weight excluding hydrogens is 345 g/mol. The minimum Gasteiger partial charge on any atom is -0.493 e. The minimum absolute atomic E-state index is 0. The molecule has 0 atom stereocenters. The number of carbonyl (C=O) groups is 1. The van der Waals surface area contributed by atoms with Gasteiger partial charge in [0.1, 0.15) is 11.4 Å². The number of H-pyrrole nitrogens is 1. The summed E-state index contributed by atoms with van der Waals surface area (Å²) in [5.74, 6) is 0.169. The van der Waals surface area contributed by atoms with Gasteiger partial charge in [-0.2, -0.15) is 5.21 Å². The number of ether oxygens (including phenoxy) is 1. The second-order valence-corrected chi connectivity index (χ2v) is 5.23. The number of anilines is 2. The maximum Gasteiger partial charge on any atom is 1.00 e. The van der Waals surface area contributed by atoms with Crippen LogP contribution in [0.5, 0.6) is 5.75 Å². The third-order valence-corrected chi connectivity index (χ3v) is 3.28. The molecule has 0 unspecified atom stereocenters. The SMILES string of the molecule is CCCOc1cc(C(=O)Nc2nn[nH]n2)nc(-c2ccc(N)cc2)c1.[Na+]. The van der Waals surface area contributed by atoms with E-state index in [-0.39, 0.29) is 41.2 Å². The maximum atomic E-state index is 12.4. The Bertz CT molecular complexity index is 854. The van der Waals surface area contributed by atoms with Crippen LogP contribution in [0.1, 0.15) is 23.8 Å². The fourth-order valence-corrected chi connectivity index (χ4v) is 2.11. The van der Waals surface area contributed by atoms with Crippen molar-refractivity contribution in [3.63, 3.8) is 0 Å². The minimum atomic E-state index is -0.458. The summed E-state index contributed by atoms with van der Waals surface area (Å²) in [5.41, 5.74) is 7.99. The Morgan fingerprint density at radius 3 is 2.69 bits per heavy atom. The number of nitrogens with zero attached hydrogens (tertiary/aromatic N) is 4. The molecule has 0 aliphatic rings. The fourth-order valence-electron chi connectivity index (χ4n) is 2.11. The third-order valence-electron chi connectivity index (χ3n) is 3.28. The first-order chi connectivity index (χ1) is 12.2. The van der Waals surface area contributed by atoms with Crippen molar-refractivity contribution in [2.24, 2.45) is 0 Å². The zero-order valence-corrected chi connectivity index (χ0v) is 16.6. The molecule has 0 fully saturated rings. The van der Waals surface area contributed by atoms with Gasteiger partial charge in [-0.1, -0.05) is 24.2 Å². The van der Waals surface area contributed by atoms with E-state index in [4.69, 9.17) is 10.5 Å². The predicted molar refractivity (Wildman–Crippen MR) is 92.0 cm³/mol. The van der Waals surface area contributed by atoms with Gasteiger partial charge in [0.15, 0.2) is 0 Å². The predicted octanol–water partition coefficient (Wildman–Crippen LogP) is -1.11. The molecule has 2 aromatic heterocycles. The van der Waals surface area contributed by atoms with E-state index in [0.29, 0.717) is 23.7 Å². The Kier molecular flexibility index (Phi) is 7.07. The molecule has 0 radical (unpaired) electrons. The van der Waals surface area contributed by atoms with Crippen LogP contribution in [0.4, 0.5) is 11.6 Å². The summed E-state index contributed by atoms with van der Waals surface area (Å²) in [6, 6.07) is 10.6. The molecule has 0 saturated heterocycles. The van der Waals surface area contributed by atoms with Crippen molar-refractivity contribution >= 4 is 17.5 Å². The van der Waals surface area contributed by atoms with Gasteiger partial charge in [0, 0.05) is 23.4 Å². The zero-order valence-electron chi connectivity index (χ0n) is 14.6. The van der Waals surface area contributed by atoms with Crippen molar-refractivity contribution in [2.75, 3.05) is 17.7 Å². The number of benzene rings is 1. The van der Waals surface area contributed by atoms with E-state index in [1.165, 1.54) is 0 Å². The average Bonchev–Trinajstić information content (AvgIpc) is 3.13. The van der Waals surface area contributed by atoms with Crippen LogP contribution in [0.25, 0.3) is 11.3 Å². The number of nitrogens with two attached hydrogens (primary N) is 1. The van der Waals surface area contributed by atoms with Crippen LogP contribution in [0.3, 0.4) is 0 Å². The van der Waals surface area contributed by atoms with Crippen LogP contribution in [0.2, 0.25) is 0 Å². The Hall–Kier alpha value is -2.49. The Morgan fingerprint density at radius 1 is 1.27 bits per heavy atom. The molecule has 2 heterocycles. The molecule has 9 nitrogen and oxygen atoms in total. The van der Waals surface area contributed by atoms with Gasteiger partial charge in [0.05, 0.1) is 12.3 Å². The van der Waals surface area contributed by atoms with E-state index in [2.05, 4.69) is 30.9 Å². The van der Waals surface area contributed by atoms with Gasteiger partial charge in [-0.15, -0.1) is 5.10 Å². The normalized spacial score (nSPS) is 10.0. The van der Waals surface area contributed by atoms with Crippen LogP contribution >= 0.6 is 0 Å². The van der Waals surface area contributed by atoms with Gasteiger partial charge in [-0.05, 0) is 23.8 Å². The van der Waals surface area contributed by atoms with E-state index in [1.54, 1.807) is 24.3 Å². The number of nitrogens with one attached hydrogen (secondary N) is 2. The number of nitrogen functional groups attached to an aromatic ring is 1. The summed E-state index contributed by atoms with van der Waals surface area (Å²) in [6.45, 7) is 2.54. The maximum absolute atomic E-state index is 12.4. The topological polar surface area (TPSA) is 132 Å². The van der Waals surface area contributed by atoms with Crippen molar-refractivity contribution in [2.45, 2.75) is 13.3 Å². The number of hydrogen-bond donors (Lipinski definition) is 3. The number of rotatable bonds is 6. The van der Waals surface area contributed by atoms with E-state index in [1.807, 2.05) is 19.1 Å². The molecule has 0 saturated carbocycles. The monoisotopic (exact) mass is 362 g/mol. The van der Waals surface area contributed by atoms with Crippen molar-refractivity contribution in [3.05, 3.63) is 42.1 Å². The van der Waals surface area contributed by atoms with Crippen molar-refractivity contribution in [3.8, 4) is 17.0 Å².